The summed E-state index contributed by atoms with van der Waals surface area (Å²) in [6, 6.07) is 24.2. The quantitative estimate of drug-likeness (QED) is 0.425. The number of fused-ring (bicyclic) bond motifs is 1. The van der Waals surface area contributed by atoms with E-state index in [9.17, 15) is 4.79 Å². The molecule has 0 saturated carbocycles. The van der Waals surface area contributed by atoms with Crippen molar-refractivity contribution in [3.63, 3.8) is 0 Å². The molecule has 0 unspecified atom stereocenters. The third-order valence-corrected chi connectivity index (χ3v) is 4.99. The van der Waals surface area contributed by atoms with Crippen molar-refractivity contribution in [2.75, 3.05) is 7.11 Å². The molecule has 0 spiro atoms. The van der Waals surface area contributed by atoms with E-state index in [1.54, 1.807) is 0 Å². The number of thiazole rings is 1. The Morgan fingerprint density at radius 2 is 1.62 bits per heavy atom. The Morgan fingerprint density at radius 1 is 0.923 bits per heavy atom. The first-order valence-corrected chi connectivity index (χ1v) is 8.96. The first-order valence-electron chi connectivity index (χ1n) is 8.15. The van der Waals surface area contributed by atoms with Crippen molar-refractivity contribution in [1.29, 1.82) is 0 Å². The zero-order chi connectivity index (χ0) is 17.9. The molecule has 5 heteroatoms. The van der Waals surface area contributed by atoms with Gasteiger partial charge in [0.25, 0.3) is 0 Å². The van der Waals surface area contributed by atoms with Crippen molar-refractivity contribution in [1.82, 2.24) is 4.98 Å². The zero-order valence-electron chi connectivity index (χ0n) is 14.1. The average Bonchev–Trinajstić information content (AvgIpc) is 3.06. The van der Waals surface area contributed by atoms with Crippen molar-refractivity contribution in [3.05, 3.63) is 93.6 Å². The maximum absolute atomic E-state index is 11.5. The summed E-state index contributed by atoms with van der Waals surface area (Å²) < 4.78 is 0.900. The smallest absolute Gasteiger partial charge is 0.305 e. The van der Waals surface area contributed by atoms with Gasteiger partial charge in [-0.1, -0.05) is 77.2 Å². The Labute approximate surface area is 154 Å². The molecule has 0 aliphatic heterocycles. The highest BCUT2D eigenvalue weighted by Crippen LogP contribution is 2.23. The highest BCUT2D eigenvalue weighted by atomic mass is 32.1. The van der Waals surface area contributed by atoms with Gasteiger partial charge in [0, 0.05) is 11.1 Å². The average molecular weight is 360 g/mol. The molecule has 1 N–H and O–H groups in total. The van der Waals surface area contributed by atoms with E-state index in [1.807, 2.05) is 48.5 Å². The van der Waals surface area contributed by atoms with Gasteiger partial charge in [-0.25, -0.2) is 0 Å². The third kappa shape index (κ3) is 3.17. The van der Waals surface area contributed by atoms with Crippen molar-refractivity contribution in [2.24, 2.45) is 5.16 Å². The van der Waals surface area contributed by atoms with Gasteiger partial charge >= 0.3 is 4.87 Å². The summed E-state index contributed by atoms with van der Waals surface area (Å²) in [7, 11) is 1.53. The summed E-state index contributed by atoms with van der Waals surface area (Å²) in [6.45, 7) is 0. The molecule has 4 aromatic rings. The molecule has 26 heavy (non-hydrogen) atoms. The predicted octanol–water partition coefficient (Wildman–Crippen LogP) is 4.66. The fourth-order valence-corrected chi connectivity index (χ4v) is 3.68. The Balaban J connectivity index is 1.74. The van der Waals surface area contributed by atoms with Crippen LogP contribution in [0.3, 0.4) is 0 Å². The molecule has 0 aliphatic rings. The Morgan fingerprint density at radius 3 is 2.35 bits per heavy atom. The van der Waals surface area contributed by atoms with E-state index in [2.05, 4.69) is 34.4 Å². The first-order chi connectivity index (χ1) is 12.7. The maximum atomic E-state index is 11.5. The van der Waals surface area contributed by atoms with Crippen LogP contribution in [0.2, 0.25) is 0 Å². The Bertz CT molecular complexity index is 1130. The fraction of sp³-hybridized carbons (Fsp3) is 0.0476. The molecule has 0 radical (unpaired) electrons. The van der Waals surface area contributed by atoms with E-state index < -0.39 is 0 Å². The standard InChI is InChI=1S/C21H16N2O2S/c1-25-23-20(17-11-12-18-19(13-17)26-21(24)22-18)16-9-7-15(8-10-16)14-5-3-2-4-6-14/h2-13H,1H3,(H,22,24). The molecule has 3 aromatic carbocycles. The summed E-state index contributed by atoms with van der Waals surface area (Å²) in [4.78, 5) is 19.4. The van der Waals surface area contributed by atoms with Gasteiger partial charge in [-0.2, -0.15) is 0 Å². The molecule has 4 rings (SSSR count). The molecule has 0 fully saturated rings. The number of H-pyrrole nitrogens is 1. The maximum Gasteiger partial charge on any atom is 0.305 e. The SMILES string of the molecule is CON=C(c1ccc(-c2ccccc2)cc1)c1ccc2[nH]c(=O)sc2c1. The van der Waals surface area contributed by atoms with Crippen molar-refractivity contribution >= 4 is 27.3 Å². The minimum absolute atomic E-state index is 0.0606. The van der Waals surface area contributed by atoms with E-state index in [-0.39, 0.29) is 4.87 Å². The van der Waals surface area contributed by atoms with Gasteiger partial charge in [0.05, 0.1) is 10.2 Å². The van der Waals surface area contributed by atoms with Crippen LogP contribution >= 0.6 is 11.3 Å². The number of benzene rings is 3. The molecular weight excluding hydrogens is 344 g/mol. The topological polar surface area (TPSA) is 54.4 Å². The van der Waals surface area contributed by atoms with Crippen LogP contribution < -0.4 is 4.87 Å². The molecule has 1 heterocycles. The summed E-state index contributed by atoms with van der Waals surface area (Å²) in [5.74, 6) is 0. The number of nitrogens with zero attached hydrogens (tertiary/aromatic N) is 1. The molecule has 0 saturated heterocycles. The number of aromatic nitrogens is 1. The highest BCUT2D eigenvalue weighted by molar-refractivity contribution is 7.16. The van der Waals surface area contributed by atoms with Gasteiger partial charge in [0.2, 0.25) is 0 Å². The van der Waals surface area contributed by atoms with Gasteiger partial charge < -0.3 is 9.82 Å². The minimum Gasteiger partial charge on any atom is -0.399 e. The van der Waals surface area contributed by atoms with Gasteiger partial charge in [0.15, 0.2) is 0 Å². The number of hydrogen-bond acceptors (Lipinski definition) is 4. The van der Waals surface area contributed by atoms with E-state index in [4.69, 9.17) is 4.84 Å². The van der Waals surface area contributed by atoms with E-state index in [0.717, 1.165) is 32.6 Å². The van der Waals surface area contributed by atoms with Crippen molar-refractivity contribution in [3.8, 4) is 11.1 Å². The second kappa shape index (κ2) is 6.98. The normalized spacial score (nSPS) is 11.7. The van der Waals surface area contributed by atoms with E-state index in [1.165, 1.54) is 24.0 Å². The number of hydrogen-bond donors (Lipinski definition) is 1. The highest BCUT2D eigenvalue weighted by Gasteiger charge is 2.11. The van der Waals surface area contributed by atoms with Crippen LogP contribution in [0, 0.1) is 0 Å². The molecule has 4 nitrogen and oxygen atoms in total. The van der Waals surface area contributed by atoms with Crippen LogP contribution in [0.15, 0.2) is 82.7 Å². The number of aromatic amines is 1. The lowest BCUT2D eigenvalue weighted by Crippen LogP contribution is -2.04. The van der Waals surface area contributed by atoms with Crippen LogP contribution in [0.25, 0.3) is 21.3 Å². The van der Waals surface area contributed by atoms with Gasteiger partial charge in [0.1, 0.15) is 12.8 Å². The molecule has 128 valence electrons. The fourth-order valence-electron chi connectivity index (χ4n) is 2.91. The number of nitrogens with one attached hydrogen (secondary N) is 1. The second-order valence-electron chi connectivity index (χ2n) is 5.79. The van der Waals surface area contributed by atoms with Crippen LogP contribution in [-0.2, 0) is 4.84 Å². The predicted molar refractivity (Wildman–Crippen MR) is 107 cm³/mol. The number of rotatable bonds is 4. The Kier molecular flexibility index (Phi) is 4.37. The van der Waals surface area contributed by atoms with E-state index >= 15 is 0 Å². The molecule has 1 aromatic heterocycles. The second-order valence-corrected chi connectivity index (χ2v) is 6.81. The summed E-state index contributed by atoms with van der Waals surface area (Å²) in [5.41, 5.74) is 5.74. The molecule has 0 bridgehead atoms. The summed E-state index contributed by atoms with van der Waals surface area (Å²) in [5, 5.41) is 4.21. The lowest BCUT2D eigenvalue weighted by molar-refractivity contribution is 0.214. The van der Waals surface area contributed by atoms with Crippen LogP contribution in [0.4, 0.5) is 0 Å². The molecular formula is C21H16N2O2S. The molecule has 0 aliphatic carbocycles. The lowest BCUT2D eigenvalue weighted by atomic mass is 9.99. The zero-order valence-corrected chi connectivity index (χ0v) is 14.9. The van der Waals surface area contributed by atoms with Crippen LogP contribution in [-0.4, -0.2) is 17.8 Å². The van der Waals surface area contributed by atoms with E-state index in [0.29, 0.717) is 0 Å². The minimum atomic E-state index is -0.0606. The lowest BCUT2D eigenvalue weighted by Gasteiger charge is -2.08. The van der Waals surface area contributed by atoms with Crippen LogP contribution in [0.5, 0.6) is 0 Å². The first kappa shape index (κ1) is 16.3. The van der Waals surface area contributed by atoms with Gasteiger partial charge in [-0.3, -0.25) is 4.79 Å². The largest absolute Gasteiger partial charge is 0.399 e. The van der Waals surface area contributed by atoms with Crippen molar-refractivity contribution in [2.45, 2.75) is 0 Å². The van der Waals surface area contributed by atoms with Gasteiger partial charge in [-0.15, -0.1) is 0 Å². The summed E-state index contributed by atoms with van der Waals surface area (Å²) in [6.07, 6.45) is 0. The Hall–Kier alpha value is -3.18. The van der Waals surface area contributed by atoms with Gasteiger partial charge in [-0.05, 0) is 23.3 Å². The number of oxime groups is 1. The van der Waals surface area contributed by atoms with Crippen LogP contribution in [0.1, 0.15) is 11.1 Å². The molecule has 0 atom stereocenters. The third-order valence-electron chi connectivity index (χ3n) is 4.14. The molecule has 0 amide bonds. The summed E-state index contributed by atoms with van der Waals surface area (Å²) >= 11 is 1.19. The monoisotopic (exact) mass is 360 g/mol. The van der Waals surface area contributed by atoms with Crippen molar-refractivity contribution < 1.29 is 4.84 Å².